The number of methoxy groups -OCH3 is 1. The number of hydrogen-bond acceptors (Lipinski definition) is 1. The van der Waals surface area contributed by atoms with Crippen LogP contribution in [0.25, 0.3) is 5.57 Å². The predicted molar refractivity (Wildman–Crippen MR) is 77.7 cm³/mol. The van der Waals surface area contributed by atoms with Crippen molar-refractivity contribution in [3.8, 4) is 5.75 Å². The largest absolute Gasteiger partial charge is 0.494 e. The van der Waals surface area contributed by atoms with Gasteiger partial charge < -0.3 is 4.74 Å². The molecule has 0 saturated heterocycles. The summed E-state index contributed by atoms with van der Waals surface area (Å²) in [7, 11) is 1.34. The molecule has 0 N–H and O–H groups in total. The zero-order valence-corrected chi connectivity index (χ0v) is 12.4. The van der Waals surface area contributed by atoms with Gasteiger partial charge in [0.15, 0.2) is 11.6 Å². The van der Waals surface area contributed by atoms with E-state index in [4.69, 9.17) is 4.74 Å². The van der Waals surface area contributed by atoms with Crippen LogP contribution in [0.1, 0.15) is 45.1 Å². The molecule has 0 amide bonds. The fourth-order valence-electron chi connectivity index (χ4n) is 2.89. The van der Waals surface area contributed by atoms with Gasteiger partial charge in [-0.05, 0) is 49.3 Å². The van der Waals surface area contributed by atoms with Crippen molar-refractivity contribution in [1.82, 2.24) is 0 Å². The lowest BCUT2D eigenvalue weighted by Gasteiger charge is -2.24. The summed E-state index contributed by atoms with van der Waals surface area (Å²) in [6.07, 6.45) is 6.80. The van der Waals surface area contributed by atoms with Crippen molar-refractivity contribution >= 4 is 5.57 Å². The molecule has 1 fully saturated rings. The third kappa shape index (κ3) is 3.20. The normalized spacial score (nSPS) is 23.8. The Hall–Kier alpha value is -1.38. The molecule has 0 aromatic heterocycles. The van der Waals surface area contributed by atoms with Crippen LogP contribution in [0.4, 0.5) is 8.78 Å². The lowest BCUT2D eigenvalue weighted by atomic mass is 9.82. The minimum atomic E-state index is -0.907. The third-order valence-electron chi connectivity index (χ3n) is 4.24. The Morgan fingerprint density at radius 3 is 2.40 bits per heavy atom. The number of allylic oxidation sites excluding steroid dienone is 2. The highest BCUT2D eigenvalue weighted by molar-refractivity contribution is 5.65. The summed E-state index contributed by atoms with van der Waals surface area (Å²) in [4.78, 5) is 0. The van der Waals surface area contributed by atoms with E-state index in [1.807, 2.05) is 6.92 Å². The van der Waals surface area contributed by atoms with E-state index in [0.717, 1.165) is 24.3 Å². The van der Waals surface area contributed by atoms with Gasteiger partial charge in [0.05, 0.1) is 7.11 Å². The van der Waals surface area contributed by atoms with Crippen LogP contribution in [0.5, 0.6) is 5.75 Å². The molecule has 0 spiro atoms. The van der Waals surface area contributed by atoms with Gasteiger partial charge in [0.1, 0.15) is 0 Å². The summed E-state index contributed by atoms with van der Waals surface area (Å²) < 4.78 is 32.5. The van der Waals surface area contributed by atoms with Gasteiger partial charge in [0, 0.05) is 5.56 Å². The van der Waals surface area contributed by atoms with Gasteiger partial charge in [-0.3, -0.25) is 0 Å². The SMILES string of the molecule is COc1ccc(C(C)=CC2CCC(C)CC2)c(F)c1F. The van der Waals surface area contributed by atoms with Gasteiger partial charge in [-0.1, -0.05) is 25.8 Å². The lowest BCUT2D eigenvalue weighted by molar-refractivity contribution is 0.331. The Morgan fingerprint density at radius 1 is 1.15 bits per heavy atom. The van der Waals surface area contributed by atoms with Gasteiger partial charge >= 0.3 is 0 Å². The number of benzene rings is 1. The smallest absolute Gasteiger partial charge is 0.201 e. The molecule has 2 rings (SSSR count). The summed E-state index contributed by atoms with van der Waals surface area (Å²) in [5.41, 5.74) is 1.14. The van der Waals surface area contributed by atoms with E-state index in [1.165, 1.54) is 26.0 Å². The van der Waals surface area contributed by atoms with Crippen LogP contribution in [-0.4, -0.2) is 7.11 Å². The van der Waals surface area contributed by atoms with Gasteiger partial charge in [0.25, 0.3) is 0 Å². The van der Waals surface area contributed by atoms with Crippen LogP contribution >= 0.6 is 0 Å². The van der Waals surface area contributed by atoms with Crippen molar-refractivity contribution in [3.63, 3.8) is 0 Å². The Morgan fingerprint density at radius 2 is 1.80 bits per heavy atom. The van der Waals surface area contributed by atoms with Crippen molar-refractivity contribution < 1.29 is 13.5 Å². The van der Waals surface area contributed by atoms with Gasteiger partial charge in [-0.25, -0.2) is 4.39 Å². The van der Waals surface area contributed by atoms with Crippen LogP contribution in [0.2, 0.25) is 0 Å². The molecule has 0 unspecified atom stereocenters. The van der Waals surface area contributed by atoms with E-state index < -0.39 is 11.6 Å². The predicted octanol–water partition coefficient (Wildman–Crippen LogP) is 5.20. The highest BCUT2D eigenvalue weighted by Crippen LogP contribution is 2.33. The summed E-state index contributed by atoms with van der Waals surface area (Å²) in [5.74, 6) is -0.506. The molecule has 1 aliphatic carbocycles. The first-order valence-corrected chi connectivity index (χ1v) is 7.23. The summed E-state index contributed by atoms with van der Waals surface area (Å²) in [6.45, 7) is 4.12. The van der Waals surface area contributed by atoms with E-state index in [9.17, 15) is 8.78 Å². The standard InChI is InChI=1S/C17H22F2O/c1-11-4-6-13(7-5-11)10-12(2)14-8-9-15(20-3)17(19)16(14)18/h8-11,13H,4-7H2,1-3H3. The summed E-state index contributed by atoms with van der Waals surface area (Å²) in [5, 5.41) is 0. The second-order valence-corrected chi connectivity index (χ2v) is 5.81. The molecule has 20 heavy (non-hydrogen) atoms. The maximum absolute atomic E-state index is 14.0. The zero-order valence-electron chi connectivity index (χ0n) is 12.4. The maximum atomic E-state index is 14.0. The highest BCUT2D eigenvalue weighted by Gasteiger charge is 2.19. The second kappa shape index (κ2) is 6.38. The molecule has 0 radical (unpaired) electrons. The Labute approximate surface area is 119 Å². The Bertz CT molecular complexity index is 500. The van der Waals surface area contributed by atoms with Crippen LogP contribution in [0, 0.1) is 23.5 Å². The quantitative estimate of drug-likeness (QED) is 0.739. The van der Waals surface area contributed by atoms with Crippen molar-refractivity contribution in [2.45, 2.75) is 39.5 Å². The first-order chi connectivity index (χ1) is 9.52. The van der Waals surface area contributed by atoms with Gasteiger partial charge in [-0.15, -0.1) is 0 Å². The topological polar surface area (TPSA) is 9.23 Å². The molecule has 0 bridgehead atoms. The van der Waals surface area contributed by atoms with Crippen molar-refractivity contribution in [3.05, 3.63) is 35.4 Å². The molecular formula is C17H22F2O. The molecule has 3 heteroatoms. The number of halogens is 2. The molecule has 0 aliphatic heterocycles. The minimum Gasteiger partial charge on any atom is -0.494 e. The zero-order chi connectivity index (χ0) is 14.7. The van der Waals surface area contributed by atoms with Gasteiger partial charge in [-0.2, -0.15) is 4.39 Å². The second-order valence-electron chi connectivity index (χ2n) is 5.81. The average molecular weight is 280 g/mol. The molecule has 0 heterocycles. The minimum absolute atomic E-state index is 0.0504. The monoisotopic (exact) mass is 280 g/mol. The number of hydrogen-bond donors (Lipinski definition) is 0. The fourth-order valence-corrected chi connectivity index (χ4v) is 2.89. The van der Waals surface area contributed by atoms with Crippen LogP contribution in [-0.2, 0) is 0 Å². The molecule has 1 aromatic rings. The van der Waals surface area contributed by atoms with Crippen LogP contribution in [0.3, 0.4) is 0 Å². The van der Waals surface area contributed by atoms with Crippen molar-refractivity contribution in [1.29, 1.82) is 0 Å². The molecule has 1 aliphatic rings. The van der Waals surface area contributed by atoms with E-state index in [-0.39, 0.29) is 5.75 Å². The fraction of sp³-hybridized carbons (Fsp3) is 0.529. The van der Waals surface area contributed by atoms with Crippen molar-refractivity contribution in [2.75, 3.05) is 7.11 Å². The Balaban J connectivity index is 2.20. The number of ether oxygens (including phenoxy) is 1. The molecule has 110 valence electrons. The maximum Gasteiger partial charge on any atom is 0.201 e. The van der Waals surface area contributed by atoms with Crippen LogP contribution < -0.4 is 4.74 Å². The Kier molecular flexibility index (Phi) is 4.79. The molecular weight excluding hydrogens is 258 g/mol. The van der Waals surface area contributed by atoms with Crippen molar-refractivity contribution in [2.24, 2.45) is 11.8 Å². The first kappa shape index (κ1) is 15.0. The molecule has 1 nitrogen and oxygen atoms in total. The van der Waals surface area contributed by atoms with E-state index in [0.29, 0.717) is 11.5 Å². The molecule has 1 saturated carbocycles. The van der Waals surface area contributed by atoms with Gasteiger partial charge in [0.2, 0.25) is 5.82 Å². The average Bonchev–Trinajstić information content (AvgIpc) is 2.44. The van der Waals surface area contributed by atoms with E-state index in [1.54, 1.807) is 6.07 Å². The first-order valence-electron chi connectivity index (χ1n) is 7.23. The summed E-state index contributed by atoms with van der Waals surface area (Å²) >= 11 is 0. The van der Waals surface area contributed by atoms with E-state index in [2.05, 4.69) is 13.0 Å². The van der Waals surface area contributed by atoms with E-state index >= 15 is 0 Å². The highest BCUT2D eigenvalue weighted by atomic mass is 19.2. The molecule has 1 aromatic carbocycles. The lowest BCUT2D eigenvalue weighted by Crippen LogP contribution is -2.10. The number of rotatable bonds is 3. The van der Waals surface area contributed by atoms with Crippen LogP contribution in [0.15, 0.2) is 18.2 Å². The third-order valence-corrected chi connectivity index (χ3v) is 4.24. The molecule has 0 atom stereocenters. The summed E-state index contributed by atoms with van der Waals surface area (Å²) in [6, 6.07) is 3.07.